The number of nitrogens with zero attached hydrogens (tertiary/aromatic N) is 2. The average Bonchev–Trinajstić information content (AvgIpc) is 3.03. The van der Waals surface area contributed by atoms with Gasteiger partial charge in [-0.05, 0) is 97.0 Å². The molecular formula is C36H32N2O3. The van der Waals surface area contributed by atoms with Gasteiger partial charge in [0.05, 0.1) is 19.3 Å². The maximum absolute atomic E-state index is 9.39. The number of hydrogen-bond acceptors (Lipinski definition) is 5. The molecule has 4 rings (SSSR count). The van der Waals surface area contributed by atoms with Crippen LogP contribution in [0.1, 0.15) is 59.7 Å². The van der Waals surface area contributed by atoms with Crippen LogP contribution < -0.4 is 4.74 Å². The second-order valence-corrected chi connectivity index (χ2v) is 9.55. The Hall–Kier alpha value is -4.86. The highest BCUT2D eigenvalue weighted by Gasteiger charge is 2.03. The number of unbranched alkanes of at least 4 members (excludes halogenated alkanes) is 1. The molecule has 0 spiro atoms. The van der Waals surface area contributed by atoms with Crippen molar-refractivity contribution in [3.8, 4) is 46.6 Å². The van der Waals surface area contributed by atoms with Crippen molar-refractivity contribution in [3.05, 3.63) is 119 Å². The van der Waals surface area contributed by atoms with Crippen LogP contribution in [0.4, 0.5) is 0 Å². The second kappa shape index (κ2) is 15.1. The molecule has 1 aromatic heterocycles. The summed E-state index contributed by atoms with van der Waals surface area (Å²) < 4.78 is 5.79. The topological polar surface area (TPSA) is 86.4 Å². The van der Waals surface area contributed by atoms with Gasteiger partial charge >= 0.3 is 0 Å². The summed E-state index contributed by atoms with van der Waals surface area (Å²) in [5.74, 6) is 13.7. The van der Waals surface area contributed by atoms with Crippen LogP contribution in [0.15, 0.2) is 85.1 Å². The first-order valence-electron chi connectivity index (χ1n) is 13.7. The largest absolute Gasteiger partial charge is 0.494 e. The van der Waals surface area contributed by atoms with Crippen LogP contribution in [-0.2, 0) is 6.42 Å². The monoisotopic (exact) mass is 540 g/mol. The maximum atomic E-state index is 9.39. The van der Waals surface area contributed by atoms with E-state index in [9.17, 15) is 5.11 Å². The van der Waals surface area contributed by atoms with E-state index in [1.807, 2.05) is 54.6 Å². The van der Waals surface area contributed by atoms with Crippen molar-refractivity contribution in [1.82, 2.24) is 4.98 Å². The molecule has 1 atom stereocenters. The number of rotatable bonds is 9. The molecule has 5 heteroatoms. The molecule has 0 aliphatic heterocycles. The molecule has 0 saturated heterocycles. The van der Waals surface area contributed by atoms with Gasteiger partial charge in [-0.3, -0.25) is 0 Å². The lowest BCUT2D eigenvalue weighted by Gasteiger charge is -2.09. The Labute approximate surface area is 242 Å². The Morgan fingerprint density at radius 1 is 0.805 bits per heavy atom. The van der Waals surface area contributed by atoms with Crippen LogP contribution in [0.5, 0.6) is 5.75 Å². The summed E-state index contributed by atoms with van der Waals surface area (Å²) in [6, 6.07) is 27.8. The van der Waals surface area contributed by atoms with Gasteiger partial charge in [-0.15, -0.1) is 0 Å². The second-order valence-electron chi connectivity index (χ2n) is 9.55. The quantitative estimate of drug-likeness (QED) is 0.204. The predicted octanol–water partition coefficient (Wildman–Crippen LogP) is 5.88. The van der Waals surface area contributed by atoms with Gasteiger partial charge in [0, 0.05) is 28.5 Å². The van der Waals surface area contributed by atoms with Gasteiger partial charge in [-0.1, -0.05) is 54.9 Å². The smallest absolute Gasteiger partial charge is 0.140 e. The molecule has 0 aliphatic carbocycles. The molecule has 1 unspecified atom stereocenters. The molecule has 5 nitrogen and oxygen atoms in total. The fourth-order valence-corrected chi connectivity index (χ4v) is 4.16. The number of aromatic nitrogens is 1. The van der Waals surface area contributed by atoms with Crippen molar-refractivity contribution in [1.29, 1.82) is 5.26 Å². The highest BCUT2D eigenvalue weighted by atomic mass is 16.5. The zero-order valence-corrected chi connectivity index (χ0v) is 23.1. The molecule has 0 saturated carbocycles. The average molecular weight is 541 g/mol. The van der Waals surface area contributed by atoms with Crippen LogP contribution in [-0.4, -0.2) is 34.5 Å². The summed E-state index contributed by atoms with van der Waals surface area (Å²) in [6.45, 7) is 2.49. The lowest BCUT2D eigenvalue weighted by Crippen LogP contribution is -2.11. The number of aliphatic hydroxyl groups excluding tert-OH is 2. The van der Waals surface area contributed by atoms with Crippen molar-refractivity contribution in [2.75, 3.05) is 13.2 Å². The zero-order valence-electron chi connectivity index (χ0n) is 23.1. The van der Waals surface area contributed by atoms with Crippen molar-refractivity contribution >= 4 is 0 Å². The summed E-state index contributed by atoms with van der Waals surface area (Å²) in [5, 5.41) is 27.1. The summed E-state index contributed by atoms with van der Waals surface area (Å²) in [6.07, 6.45) is 4.05. The van der Waals surface area contributed by atoms with Gasteiger partial charge < -0.3 is 14.9 Å². The molecule has 1 heterocycles. The number of aryl methyl sites for hydroxylation is 1. The van der Waals surface area contributed by atoms with Crippen molar-refractivity contribution in [2.45, 2.75) is 38.7 Å². The van der Waals surface area contributed by atoms with Crippen molar-refractivity contribution in [2.24, 2.45) is 0 Å². The van der Waals surface area contributed by atoms with E-state index < -0.39 is 6.10 Å². The number of pyridine rings is 1. The van der Waals surface area contributed by atoms with Gasteiger partial charge in [0.1, 0.15) is 17.5 Å². The number of aliphatic hydroxyl groups is 2. The fourth-order valence-electron chi connectivity index (χ4n) is 4.16. The van der Waals surface area contributed by atoms with Crippen LogP contribution in [0.25, 0.3) is 11.1 Å². The standard InChI is InChI=1S/C36H32N2O3/c1-2-30-23-28(10-15-31(30)16-11-29-12-19-34(24-37)38-25-29)7-6-27-8-13-32(14-9-27)33-17-20-36(21-18-33)41-22-4-3-5-35(40)26-39/h8-10,12-15,17-21,23,25,35,39-40H,2-5,22,26H2,1H3. The highest BCUT2D eigenvalue weighted by molar-refractivity contribution is 5.65. The number of nitriles is 1. The Balaban J connectivity index is 1.35. The van der Waals surface area contributed by atoms with Gasteiger partial charge in [-0.2, -0.15) is 5.26 Å². The van der Waals surface area contributed by atoms with Crippen LogP contribution in [0.2, 0.25) is 0 Å². The van der Waals surface area contributed by atoms with Gasteiger partial charge in [0.2, 0.25) is 0 Å². The molecule has 41 heavy (non-hydrogen) atoms. The molecule has 3 aromatic carbocycles. The van der Waals surface area contributed by atoms with Crippen LogP contribution in [0, 0.1) is 35.0 Å². The third kappa shape index (κ3) is 8.82. The third-order valence-electron chi connectivity index (χ3n) is 6.54. The minimum atomic E-state index is -0.640. The Morgan fingerprint density at radius 2 is 1.46 bits per heavy atom. The maximum Gasteiger partial charge on any atom is 0.140 e. The van der Waals surface area contributed by atoms with E-state index >= 15 is 0 Å². The molecule has 0 amide bonds. The normalized spacial score (nSPS) is 10.9. The minimum Gasteiger partial charge on any atom is -0.494 e. The lowest BCUT2D eigenvalue weighted by molar-refractivity contribution is 0.0851. The van der Waals surface area contributed by atoms with Crippen LogP contribution >= 0.6 is 0 Å². The fraction of sp³-hybridized carbons (Fsp3) is 0.222. The minimum absolute atomic E-state index is 0.193. The summed E-state index contributed by atoms with van der Waals surface area (Å²) in [5.41, 5.74) is 7.33. The molecule has 4 aromatic rings. The predicted molar refractivity (Wildman–Crippen MR) is 161 cm³/mol. The van der Waals surface area contributed by atoms with E-state index in [4.69, 9.17) is 15.1 Å². The summed E-state index contributed by atoms with van der Waals surface area (Å²) >= 11 is 0. The van der Waals surface area contributed by atoms with E-state index in [2.05, 4.69) is 53.8 Å². The number of ether oxygens (including phenoxy) is 1. The van der Waals surface area contributed by atoms with E-state index in [0.29, 0.717) is 18.7 Å². The first-order chi connectivity index (χ1) is 20.1. The van der Waals surface area contributed by atoms with Gasteiger partial charge in [-0.25, -0.2) is 4.98 Å². The Bertz CT molecular complexity index is 1600. The lowest BCUT2D eigenvalue weighted by atomic mass is 10.0. The summed E-state index contributed by atoms with van der Waals surface area (Å²) in [4.78, 5) is 4.07. The Morgan fingerprint density at radius 3 is 2.12 bits per heavy atom. The molecule has 0 bridgehead atoms. The molecule has 0 fully saturated rings. The van der Waals surface area contributed by atoms with E-state index in [1.54, 1.807) is 18.3 Å². The van der Waals surface area contributed by atoms with E-state index in [1.165, 1.54) is 0 Å². The number of hydrogen-bond donors (Lipinski definition) is 2. The van der Waals surface area contributed by atoms with Crippen LogP contribution in [0.3, 0.4) is 0 Å². The SMILES string of the molecule is CCc1cc(C#Cc2ccc(-c3ccc(OCCCCC(O)CO)cc3)cc2)ccc1C#Cc1ccc(C#N)nc1. The molecule has 2 N–H and O–H groups in total. The molecule has 0 radical (unpaired) electrons. The number of benzene rings is 3. The van der Waals surface area contributed by atoms with Crippen molar-refractivity contribution < 1.29 is 14.9 Å². The summed E-state index contributed by atoms with van der Waals surface area (Å²) in [7, 11) is 0. The molecular weight excluding hydrogens is 508 g/mol. The highest BCUT2D eigenvalue weighted by Crippen LogP contribution is 2.23. The first-order valence-corrected chi connectivity index (χ1v) is 13.7. The van der Waals surface area contributed by atoms with Crippen molar-refractivity contribution in [3.63, 3.8) is 0 Å². The third-order valence-corrected chi connectivity index (χ3v) is 6.54. The Kier molecular flexibility index (Phi) is 10.7. The molecule has 0 aliphatic rings. The molecule has 204 valence electrons. The van der Waals surface area contributed by atoms with E-state index in [0.717, 1.165) is 64.0 Å². The van der Waals surface area contributed by atoms with Gasteiger partial charge in [0.25, 0.3) is 0 Å². The van der Waals surface area contributed by atoms with Gasteiger partial charge in [0.15, 0.2) is 0 Å². The van der Waals surface area contributed by atoms with E-state index in [-0.39, 0.29) is 6.61 Å². The first kappa shape index (κ1) is 29.1. The zero-order chi connectivity index (χ0) is 28.9.